The molecule has 0 radical (unpaired) electrons. The summed E-state index contributed by atoms with van der Waals surface area (Å²) < 4.78 is 13.8. The van der Waals surface area contributed by atoms with Gasteiger partial charge in [-0.25, -0.2) is 9.37 Å². The van der Waals surface area contributed by atoms with E-state index in [1.807, 2.05) is 26.0 Å². The standard InChI is InChI=1S/C15H16FNOS/c1-9-7-10(2)17-14(8-9)19-13-6-4-5-12(16)15(13)11(3)18/h4-8,11,18H,1-3H3/t11-/m0/s1. The molecule has 0 aliphatic rings. The van der Waals surface area contributed by atoms with E-state index in [1.165, 1.54) is 17.8 Å². The Morgan fingerprint density at radius 3 is 2.63 bits per heavy atom. The SMILES string of the molecule is Cc1cc(C)nc(Sc2cccc(F)c2[C@H](C)O)c1. The second kappa shape index (κ2) is 5.72. The minimum Gasteiger partial charge on any atom is -0.389 e. The maximum absolute atomic E-state index is 13.8. The first-order valence-corrected chi connectivity index (χ1v) is 6.88. The summed E-state index contributed by atoms with van der Waals surface area (Å²) in [4.78, 5) is 5.12. The quantitative estimate of drug-likeness (QED) is 0.919. The van der Waals surface area contributed by atoms with Crippen LogP contribution in [0.1, 0.15) is 29.8 Å². The number of aliphatic hydroxyl groups excluding tert-OH is 1. The number of aryl methyl sites for hydroxylation is 2. The Morgan fingerprint density at radius 2 is 2.00 bits per heavy atom. The average Bonchev–Trinajstić information content (AvgIpc) is 2.26. The number of aliphatic hydroxyl groups is 1. The summed E-state index contributed by atoms with van der Waals surface area (Å²) in [5.74, 6) is -0.385. The Kier molecular flexibility index (Phi) is 4.22. The number of nitrogens with zero attached hydrogens (tertiary/aromatic N) is 1. The summed E-state index contributed by atoms with van der Waals surface area (Å²) >= 11 is 1.37. The van der Waals surface area contributed by atoms with Crippen LogP contribution in [0.15, 0.2) is 40.3 Å². The van der Waals surface area contributed by atoms with Gasteiger partial charge in [-0.15, -0.1) is 0 Å². The van der Waals surface area contributed by atoms with Gasteiger partial charge in [0.2, 0.25) is 0 Å². The van der Waals surface area contributed by atoms with Gasteiger partial charge in [-0.1, -0.05) is 17.8 Å². The van der Waals surface area contributed by atoms with E-state index in [0.717, 1.165) is 16.3 Å². The highest BCUT2D eigenvalue weighted by Crippen LogP contribution is 2.34. The largest absolute Gasteiger partial charge is 0.389 e. The highest BCUT2D eigenvalue weighted by Gasteiger charge is 2.14. The van der Waals surface area contributed by atoms with Gasteiger partial charge in [-0.3, -0.25) is 0 Å². The first-order chi connectivity index (χ1) is 8.97. The highest BCUT2D eigenvalue weighted by molar-refractivity contribution is 7.99. The van der Waals surface area contributed by atoms with Crippen LogP contribution in [0, 0.1) is 19.7 Å². The fraction of sp³-hybridized carbons (Fsp3) is 0.267. The van der Waals surface area contributed by atoms with Gasteiger partial charge in [-0.2, -0.15) is 0 Å². The van der Waals surface area contributed by atoms with Gasteiger partial charge in [0, 0.05) is 16.2 Å². The molecule has 0 unspecified atom stereocenters. The molecular weight excluding hydrogens is 261 g/mol. The minimum absolute atomic E-state index is 0.327. The second-order valence-electron chi connectivity index (χ2n) is 4.55. The maximum atomic E-state index is 13.8. The number of halogens is 1. The molecule has 1 aromatic carbocycles. The molecule has 0 amide bonds. The van der Waals surface area contributed by atoms with E-state index in [-0.39, 0.29) is 5.82 Å². The molecule has 2 aromatic rings. The average molecular weight is 277 g/mol. The predicted molar refractivity (Wildman–Crippen MR) is 74.9 cm³/mol. The highest BCUT2D eigenvalue weighted by atomic mass is 32.2. The van der Waals surface area contributed by atoms with Crippen LogP contribution >= 0.6 is 11.8 Å². The molecule has 2 rings (SSSR count). The topological polar surface area (TPSA) is 33.1 Å². The fourth-order valence-corrected chi connectivity index (χ4v) is 3.17. The zero-order chi connectivity index (χ0) is 14.0. The Bertz CT molecular complexity index is 578. The molecule has 0 saturated heterocycles. The number of rotatable bonds is 3. The molecule has 0 fully saturated rings. The molecule has 4 heteroatoms. The van der Waals surface area contributed by atoms with Gasteiger partial charge >= 0.3 is 0 Å². The van der Waals surface area contributed by atoms with Crippen molar-refractivity contribution in [3.63, 3.8) is 0 Å². The van der Waals surface area contributed by atoms with Crippen molar-refractivity contribution in [2.75, 3.05) is 0 Å². The van der Waals surface area contributed by atoms with Gasteiger partial charge in [0.15, 0.2) is 0 Å². The van der Waals surface area contributed by atoms with Crippen molar-refractivity contribution >= 4 is 11.8 Å². The first-order valence-electron chi connectivity index (χ1n) is 6.07. The van der Waals surface area contributed by atoms with E-state index in [1.54, 1.807) is 19.1 Å². The van der Waals surface area contributed by atoms with Crippen LogP contribution in [0.3, 0.4) is 0 Å². The van der Waals surface area contributed by atoms with Gasteiger partial charge in [0.05, 0.1) is 6.10 Å². The summed E-state index contributed by atoms with van der Waals surface area (Å²) in [5, 5.41) is 10.5. The smallest absolute Gasteiger partial charge is 0.130 e. The van der Waals surface area contributed by atoms with E-state index >= 15 is 0 Å². The van der Waals surface area contributed by atoms with Crippen LogP contribution in [0.4, 0.5) is 4.39 Å². The lowest BCUT2D eigenvalue weighted by Gasteiger charge is -2.12. The van der Waals surface area contributed by atoms with Crippen molar-refractivity contribution in [2.24, 2.45) is 0 Å². The van der Waals surface area contributed by atoms with Crippen LogP contribution in [0.2, 0.25) is 0 Å². The number of hydrogen-bond donors (Lipinski definition) is 1. The Balaban J connectivity index is 2.40. The summed E-state index contributed by atoms with van der Waals surface area (Å²) in [6.45, 7) is 5.50. The minimum atomic E-state index is -0.838. The molecule has 0 spiro atoms. The normalized spacial score (nSPS) is 12.5. The molecule has 1 heterocycles. The summed E-state index contributed by atoms with van der Waals surface area (Å²) in [5.41, 5.74) is 2.37. The van der Waals surface area contributed by atoms with Crippen LogP contribution in [-0.2, 0) is 0 Å². The van der Waals surface area contributed by atoms with Crippen molar-refractivity contribution < 1.29 is 9.50 Å². The van der Waals surface area contributed by atoms with Crippen LogP contribution < -0.4 is 0 Å². The van der Waals surface area contributed by atoms with Crippen molar-refractivity contribution in [1.82, 2.24) is 4.98 Å². The number of aromatic nitrogens is 1. The molecule has 0 aliphatic heterocycles. The molecule has 0 aliphatic carbocycles. The molecule has 1 aromatic heterocycles. The molecule has 19 heavy (non-hydrogen) atoms. The molecule has 1 N–H and O–H groups in total. The summed E-state index contributed by atoms with van der Waals surface area (Å²) in [6.07, 6.45) is -0.838. The predicted octanol–water partition coefficient (Wildman–Crippen LogP) is 4.04. The van der Waals surface area contributed by atoms with Gasteiger partial charge in [-0.05, 0) is 50.6 Å². The molecule has 1 atom stereocenters. The number of pyridine rings is 1. The lowest BCUT2D eigenvalue weighted by Crippen LogP contribution is -1.98. The Labute approximate surface area is 116 Å². The van der Waals surface area contributed by atoms with Gasteiger partial charge < -0.3 is 5.11 Å². The Morgan fingerprint density at radius 1 is 1.26 bits per heavy atom. The Hall–Kier alpha value is -1.39. The van der Waals surface area contributed by atoms with E-state index in [2.05, 4.69) is 4.98 Å². The van der Waals surface area contributed by atoms with E-state index in [0.29, 0.717) is 10.5 Å². The van der Waals surface area contributed by atoms with E-state index in [4.69, 9.17) is 0 Å². The first kappa shape index (κ1) is 14.0. The summed E-state index contributed by atoms with van der Waals surface area (Å²) in [7, 11) is 0. The number of hydrogen-bond acceptors (Lipinski definition) is 3. The third-order valence-corrected chi connectivity index (χ3v) is 3.71. The molecule has 2 nitrogen and oxygen atoms in total. The number of benzene rings is 1. The van der Waals surface area contributed by atoms with Gasteiger partial charge in [0.25, 0.3) is 0 Å². The third kappa shape index (κ3) is 3.33. The van der Waals surface area contributed by atoms with Crippen molar-refractivity contribution in [2.45, 2.75) is 36.8 Å². The molecule has 0 bridgehead atoms. The third-order valence-electron chi connectivity index (χ3n) is 2.72. The van der Waals surface area contributed by atoms with E-state index < -0.39 is 6.10 Å². The van der Waals surface area contributed by atoms with Crippen molar-refractivity contribution in [3.8, 4) is 0 Å². The van der Waals surface area contributed by atoms with Crippen LogP contribution in [0.5, 0.6) is 0 Å². The monoisotopic (exact) mass is 277 g/mol. The maximum Gasteiger partial charge on any atom is 0.130 e. The lowest BCUT2D eigenvalue weighted by molar-refractivity contribution is 0.191. The van der Waals surface area contributed by atoms with Crippen molar-refractivity contribution in [1.29, 1.82) is 0 Å². The lowest BCUT2D eigenvalue weighted by atomic mass is 10.1. The molecule has 0 saturated carbocycles. The zero-order valence-electron chi connectivity index (χ0n) is 11.1. The van der Waals surface area contributed by atoms with Gasteiger partial charge in [0.1, 0.15) is 10.8 Å². The van der Waals surface area contributed by atoms with Crippen molar-refractivity contribution in [3.05, 3.63) is 53.0 Å². The zero-order valence-corrected chi connectivity index (χ0v) is 12.0. The summed E-state index contributed by atoms with van der Waals surface area (Å²) in [6, 6.07) is 8.75. The van der Waals surface area contributed by atoms with Crippen LogP contribution in [-0.4, -0.2) is 10.1 Å². The molecular formula is C15H16FNOS. The second-order valence-corrected chi connectivity index (χ2v) is 5.62. The fourth-order valence-electron chi connectivity index (χ4n) is 1.98. The van der Waals surface area contributed by atoms with E-state index in [9.17, 15) is 9.50 Å². The van der Waals surface area contributed by atoms with Crippen LogP contribution in [0.25, 0.3) is 0 Å². The molecule has 100 valence electrons.